The molecule has 0 aliphatic rings. The van der Waals surface area contributed by atoms with Crippen LogP contribution in [0, 0.1) is 10.1 Å². The molecule has 2 aromatic rings. The number of unbranched alkanes of at least 4 members (excludes halogenated alkanes) is 1. The first-order valence-corrected chi connectivity index (χ1v) is 7.95. The van der Waals surface area contributed by atoms with Gasteiger partial charge in [0.15, 0.2) is 13.2 Å². The van der Waals surface area contributed by atoms with Crippen LogP contribution >= 0.6 is 0 Å². The van der Waals surface area contributed by atoms with E-state index in [1.54, 1.807) is 0 Å². The largest absolute Gasteiger partial charge is 0.490 e. The zero-order valence-electron chi connectivity index (χ0n) is 14.5. The number of esters is 1. The standard InChI is InChI=1S/C16H19N3O7/c1-3-4-5-15-17-14(18-26-15)9-25-16(20)10-24-11-6-7-12(19(21)22)13(8-11)23-2/h6-8H,3-5,9-10H2,1-2H3. The van der Waals surface area contributed by atoms with E-state index in [1.165, 1.54) is 25.3 Å². The molecule has 0 unspecified atom stereocenters. The van der Waals surface area contributed by atoms with E-state index in [0.29, 0.717) is 12.3 Å². The fourth-order valence-electron chi connectivity index (χ4n) is 2.01. The number of benzene rings is 1. The fourth-order valence-corrected chi connectivity index (χ4v) is 2.01. The second-order valence-electron chi connectivity index (χ2n) is 5.25. The summed E-state index contributed by atoms with van der Waals surface area (Å²) in [4.78, 5) is 26.1. The minimum Gasteiger partial charge on any atom is -0.490 e. The van der Waals surface area contributed by atoms with Crippen molar-refractivity contribution in [3.8, 4) is 11.5 Å². The van der Waals surface area contributed by atoms with Crippen LogP contribution < -0.4 is 9.47 Å². The van der Waals surface area contributed by atoms with Crippen molar-refractivity contribution in [1.29, 1.82) is 0 Å². The van der Waals surface area contributed by atoms with Crippen molar-refractivity contribution in [3.63, 3.8) is 0 Å². The molecule has 0 amide bonds. The predicted octanol–water partition coefficient (Wildman–Crippen LogP) is 2.45. The smallest absolute Gasteiger partial charge is 0.344 e. The lowest BCUT2D eigenvalue weighted by Gasteiger charge is -2.07. The molecule has 0 saturated heterocycles. The summed E-state index contributed by atoms with van der Waals surface area (Å²) in [7, 11) is 1.31. The molecular formula is C16H19N3O7. The molecule has 1 heterocycles. The molecule has 0 bridgehead atoms. The Morgan fingerprint density at radius 1 is 1.38 bits per heavy atom. The van der Waals surface area contributed by atoms with Gasteiger partial charge in [0.2, 0.25) is 17.5 Å². The highest BCUT2D eigenvalue weighted by Gasteiger charge is 2.16. The highest BCUT2D eigenvalue weighted by molar-refractivity contribution is 5.71. The summed E-state index contributed by atoms with van der Waals surface area (Å²) in [6.07, 6.45) is 2.63. The van der Waals surface area contributed by atoms with Gasteiger partial charge >= 0.3 is 11.7 Å². The Hall–Kier alpha value is -3.17. The number of nitro groups is 1. The number of nitro benzene ring substituents is 1. The normalized spacial score (nSPS) is 10.4. The van der Waals surface area contributed by atoms with Gasteiger partial charge in [-0.05, 0) is 12.5 Å². The van der Waals surface area contributed by atoms with Gasteiger partial charge in [0.05, 0.1) is 12.0 Å². The van der Waals surface area contributed by atoms with E-state index in [0.717, 1.165) is 12.8 Å². The van der Waals surface area contributed by atoms with Gasteiger partial charge in [-0.2, -0.15) is 4.98 Å². The SMILES string of the molecule is CCCCc1nc(COC(=O)COc2ccc([N+](=O)[O-])c(OC)c2)no1. The predicted molar refractivity (Wildman–Crippen MR) is 87.8 cm³/mol. The van der Waals surface area contributed by atoms with E-state index in [1.807, 2.05) is 0 Å². The average molecular weight is 365 g/mol. The second kappa shape index (κ2) is 9.35. The van der Waals surface area contributed by atoms with E-state index in [-0.39, 0.29) is 36.2 Å². The second-order valence-corrected chi connectivity index (χ2v) is 5.25. The van der Waals surface area contributed by atoms with Crippen LogP contribution in [0.15, 0.2) is 22.7 Å². The molecule has 0 aliphatic carbocycles. The third-order valence-electron chi connectivity index (χ3n) is 3.32. The monoisotopic (exact) mass is 365 g/mol. The van der Waals surface area contributed by atoms with Crippen molar-refractivity contribution in [2.75, 3.05) is 13.7 Å². The Morgan fingerprint density at radius 3 is 2.88 bits per heavy atom. The molecule has 2 rings (SSSR count). The average Bonchev–Trinajstić information content (AvgIpc) is 3.10. The molecule has 1 aromatic carbocycles. The quantitative estimate of drug-likeness (QED) is 0.354. The number of carbonyl (C=O) groups excluding carboxylic acids is 1. The third kappa shape index (κ3) is 5.43. The molecule has 0 saturated carbocycles. The molecule has 26 heavy (non-hydrogen) atoms. The highest BCUT2D eigenvalue weighted by atomic mass is 16.6. The Labute approximate surface area is 149 Å². The Morgan fingerprint density at radius 2 is 2.19 bits per heavy atom. The third-order valence-corrected chi connectivity index (χ3v) is 3.32. The van der Waals surface area contributed by atoms with Crippen LogP contribution in [-0.4, -0.2) is 34.7 Å². The summed E-state index contributed by atoms with van der Waals surface area (Å²) in [6, 6.07) is 3.92. The number of ether oxygens (including phenoxy) is 3. The lowest BCUT2D eigenvalue weighted by Crippen LogP contribution is -2.15. The minimum absolute atomic E-state index is 0.0345. The zero-order valence-corrected chi connectivity index (χ0v) is 14.5. The Bertz CT molecular complexity index is 760. The molecule has 10 nitrogen and oxygen atoms in total. The number of aromatic nitrogens is 2. The van der Waals surface area contributed by atoms with Crippen LogP contribution in [0.2, 0.25) is 0 Å². The molecule has 140 valence electrons. The molecule has 1 aromatic heterocycles. The summed E-state index contributed by atoms with van der Waals surface area (Å²) in [5.41, 5.74) is -0.196. The fraction of sp³-hybridized carbons (Fsp3) is 0.438. The van der Waals surface area contributed by atoms with Crippen molar-refractivity contribution in [2.45, 2.75) is 32.8 Å². The number of methoxy groups -OCH3 is 1. The topological polar surface area (TPSA) is 127 Å². The van der Waals surface area contributed by atoms with E-state index in [4.69, 9.17) is 18.7 Å². The molecule has 0 aliphatic heterocycles. The van der Waals surface area contributed by atoms with Crippen molar-refractivity contribution >= 4 is 11.7 Å². The molecule has 0 fully saturated rings. The molecule has 0 N–H and O–H groups in total. The van der Waals surface area contributed by atoms with E-state index in [9.17, 15) is 14.9 Å². The summed E-state index contributed by atoms with van der Waals surface area (Å²) >= 11 is 0. The maximum Gasteiger partial charge on any atom is 0.344 e. The van der Waals surface area contributed by atoms with E-state index in [2.05, 4.69) is 17.1 Å². The van der Waals surface area contributed by atoms with Crippen LogP contribution in [0.3, 0.4) is 0 Å². The van der Waals surface area contributed by atoms with Crippen molar-refractivity contribution < 1.29 is 28.5 Å². The van der Waals surface area contributed by atoms with E-state index >= 15 is 0 Å². The van der Waals surface area contributed by atoms with Gasteiger partial charge in [0.1, 0.15) is 5.75 Å². The van der Waals surface area contributed by atoms with Crippen LogP contribution in [-0.2, 0) is 22.6 Å². The van der Waals surface area contributed by atoms with E-state index < -0.39 is 10.9 Å². The molecule has 0 atom stereocenters. The number of hydrogen-bond donors (Lipinski definition) is 0. The zero-order chi connectivity index (χ0) is 18.9. The van der Waals surface area contributed by atoms with Gasteiger partial charge in [0, 0.05) is 18.6 Å². The van der Waals surface area contributed by atoms with Gasteiger partial charge in [-0.3, -0.25) is 10.1 Å². The van der Waals surface area contributed by atoms with Crippen LogP contribution in [0.1, 0.15) is 31.5 Å². The van der Waals surface area contributed by atoms with Crippen molar-refractivity contribution in [3.05, 3.63) is 40.0 Å². The van der Waals surface area contributed by atoms with Gasteiger partial charge in [-0.25, -0.2) is 4.79 Å². The minimum atomic E-state index is -0.637. The van der Waals surface area contributed by atoms with Crippen LogP contribution in [0.5, 0.6) is 11.5 Å². The molecule has 0 radical (unpaired) electrons. The van der Waals surface area contributed by atoms with Gasteiger partial charge in [-0.1, -0.05) is 18.5 Å². The van der Waals surface area contributed by atoms with Gasteiger partial charge in [-0.15, -0.1) is 0 Å². The van der Waals surface area contributed by atoms with Crippen LogP contribution in [0.4, 0.5) is 5.69 Å². The number of rotatable bonds is 10. The van der Waals surface area contributed by atoms with Crippen LogP contribution in [0.25, 0.3) is 0 Å². The maximum absolute atomic E-state index is 11.7. The Kier molecular flexibility index (Phi) is 6.89. The highest BCUT2D eigenvalue weighted by Crippen LogP contribution is 2.30. The first-order valence-electron chi connectivity index (χ1n) is 7.95. The maximum atomic E-state index is 11.7. The summed E-state index contributed by atoms with van der Waals surface area (Å²) in [5, 5.41) is 14.6. The van der Waals surface area contributed by atoms with Gasteiger partial charge in [0.25, 0.3) is 0 Å². The lowest BCUT2D eigenvalue weighted by atomic mass is 10.2. The number of carbonyl (C=O) groups is 1. The molecule has 0 spiro atoms. The number of hydrogen-bond acceptors (Lipinski definition) is 9. The summed E-state index contributed by atoms with van der Waals surface area (Å²) in [6.45, 7) is 1.56. The molecular weight excluding hydrogens is 346 g/mol. The van der Waals surface area contributed by atoms with Crippen molar-refractivity contribution in [2.24, 2.45) is 0 Å². The van der Waals surface area contributed by atoms with Crippen molar-refractivity contribution in [1.82, 2.24) is 10.1 Å². The van der Waals surface area contributed by atoms with Gasteiger partial charge < -0.3 is 18.7 Å². The number of nitrogens with zero attached hydrogens (tertiary/aromatic N) is 3. The Balaban J connectivity index is 1.81. The summed E-state index contributed by atoms with van der Waals surface area (Å²) in [5.74, 6) is 0.425. The lowest BCUT2D eigenvalue weighted by molar-refractivity contribution is -0.385. The first kappa shape index (κ1) is 19.2. The summed E-state index contributed by atoms with van der Waals surface area (Å²) < 4.78 is 20.2. The molecule has 10 heteroatoms. The number of aryl methyl sites for hydroxylation is 1. The first-order chi connectivity index (χ1) is 12.5.